The summed E-state index contributed by atoms with van der Waals surface area (Å²) in [5, 5.41) is 0. The van der Waals surface area contributed by atoms with E-state index in [-0.39, 0.29) is 22.6 Å². The first-order chi connectivity index (χ1) is 20.2. The molecular formula is C34H34F2N2O3S. The van der Waals surface area contributed by atoms with Crippen LogP contribution in [-0.2, 0) is 10.0 Å². The van der Waals surface area contributed by atoms with Crippen LogP contribution in [0, 0.1) is 24.5 Å². The molecule has 0 radical (unpaired) electrons. The Morgan fingerprint density at radius 2 is 1.57 bits per heavy atom. The van der Waals surface area contributed by atoms with Crippen molar-refractivity contribution in [1.29, 1.82) is 0 Å². The molecule has 0 bridgehead atoms. The molecule has 0 N–H and O–H groups in total. The fourth-order valence-corrected chi connectivity index (χ4v) is 7.83. The summed E-state index contributed by atoms with van der Waals surface area (Å²) >= 11 is 0. The Kier molecular flexibility index (Phi) is 7.77. The maximum Gasteiger partial charge on any atom is 0.245 e. The largest absolute Gasteiger partial charge is 0.457 e. The molecule has 8 heteroatoms. The predicted molar refractivity (Wildman–Crippen MR) is 162 cm³/mol. The number of benzene rings is 4. The first-order valence-corrected chi connectivity index (χ1v) is 15.8. The molecular weight excluding hydrogens is 554 g/mol. The minimum atomic E-state index is -3.94. The van der Waals surface area contributed by atoms with Crippen molar-refractivity contribution in [2.75, 3.05) is 18.5 Å². The number of rotatable bonds is 5. The van der Waals surface area contributed by atoms with E-state index in [0.717, 1.165) is 31.4 Å². The van der Waals surface area contributed by atoms with Crippen molar-refractivity contribution in [2.45, 2.75) is 50.0 Å². The van der Waals surface area contributed by atoms with Gasteiger partial charge in [-0.1, -0.05) is 55.7 Å². The molecule has 5 nitrogen and oxygen atoms in total. The molecule has 1 atom stereocenters. The smallest absolute Gasteiger partial charge is 0.245 e. The van der Waals surface area contributed by atoms with Crippen molar-refractivity contribution in [3.05, 3.63) is 102 Å². The van der Waals surface area contributed by atoms with Crippen LogP contribution in [0.3, 0.4) is 0 Å². The minimum Gasteiger partial charge on any atom is -0.457 e. The number of aryl methyl sites for hydroxylation is 1. The average Bonchev–Trinajstić information content (AvgIpc) is 3.08. The van der Waals surface area contributed by atoms with Crippen molar-refractivity contribution < 1.29 is 21.9 Å². The Labute approximate surface area is 246 Å². The molecule has 0 aromatic heterocycles. The fraction of sp³-hybridized carbons (Fsp3) is 0.294. The summed E-state index contributed by atoms with van der Waals surface area (Å²) in [6.45, 7) is 2.15. The molecule has 6 rings (SSSR count). The highest BCUT2D eigenvalue weighted by Crippen LogP contribution is 2.46. The number of likely N-dealkylation sites (N-methyl/N-ethyl adjacent to an activating group) is 1. The molecule has 2 aliphatic rings. The Bertz CT molecular complexity index is 1690. The molecule has 4 aromatic carbocycles. The highest BCUT2D eigenvalue weighted by molar-refractivity contribution is 7.89. The molecule has 0 unspecified atom stereocenters. The third-order valence-corrected chi connectivity index (χ3v) is 10.5. The number of ether oxygens (including phenoxy) is 1. The lowest BCUT2D eigenvalue weighted by Gasteiger charge is -2.36. The maximum atomic E-state index is 14.5. The number of para-hydroxylation sites is 1. The van der Waals surface area contributed by atoms with Gasteiger partial charge in [0.05, 0.1) is 5.69 Å². The third-order valence-electron chi connectivity index (χ3n) is 8.63. The van der Waals surface area contributed by atoms with E-state index >= 15 is 0 Å². The van der Waals surface area contributed by atoms with E-state index in [9.17, 15) is 17.2 Å². The highest BCUT2D eigenvalue weighted by atomic mass is 32.2. The zero-order chi connectivity index (χ0) is 29.4. The van der Waals surface area contributed by atoms with Gasteiger partial charge in [-0.2, -0.15) is 4.31 Å². The Morgan fingerprint density at radius 3 is 2.26 bits per heavy atom. The van der Waals surface area contributed by atoms with Crippen LogP contribution in [0.5, 0.6) is 11.5 Å². The van der Waals surface area contributed by atoms with Gasteiger partial charge in [0.15, 0.2) is 0 Å². The first kappa shape index (κ1) is 28.4. The molecule has 42 heavy (non-hydrogen) atoms. The van der Waals surface area contributed by atoms with Gasteiger partial charge in [0.1, 0.15) is 28.0 Å². The summed E-state index contributed by atoms with van der Waals surface area (Å²) in [7, 11) is -2.25. The second-order valence-corrected chi connectivity index (χ2v) is 13.2. The number of hydrogen-bond acceptors (Lipinski definition) is 4. The summed E-state index contributed by atoms with van der Waals surface area (Å²) in [5.41, 5.74) is 2.89. The number of nitrogens with zero attached hydrogens (tertiary/aromatic N) is 2. The lowest BCUT2D eigenvalue weighted by Crippen LogP contribution is -2.46. The van der Waals surface area contributed by atoms with Crippen LogP contribution in [0.2, 0.25) is 0 Å². The summed E-state index contributed by atoms with van der Waals surface area (Å²) in [4.78, 5) is 2.21. The monoisotopic (exact) mass is 588 g/mol. The molecule has 1 aliphatic carbocycles. The van der Waals surface area contributed by atoms with E-state index in [2.05, 4.69) is 4.90 Å². The number of fused-ring (bicyclic) bond motifs is 1. The molecule has 1 aliphatic heterocycles. The summed E-state index contributed by atoms with van der Waals surface area (Å²) in [5.74, 6) is 0.0484. The van der Waals surface area contributed by atoms with Crippen molar-refractivity contribution in [1.82, 2.24) is 4.31 Å². The standard InChI is InChI=1S/C34H34F2N2O3S/c1-23-13-18-28(19-30(23)36)41-33-21-31-34(20-29(33)24-14-16-26(35)17-15-24)42(39,40)37(2)32(25-9-5-3-6-10-25)22-38(31)27-11-7-4-8-12-27/h4,7-8,11-21,25,32H,3,5-6,9-10,22H2,1-2H3/t32-/m0/s1. The van der Waals surface area contributed by atoms with Crippen LogP contribution in [0.1, 0.15) is 37.7 Å². The molecule has 0 spiro atoms. The fourth-order valence-electron chi connectivity index (χ4n) is 6.22. The van der Waals surface area contributed by atoms with E-state index in [4.69, 9.17) is 4.74 Å². The number of hydrogen-bond donors (Lipinski definition) is 0. The predicted octanol–water partition coefficient (Wildman–Crippen LogP) is 8.45. The lowest BCUT2D eigenvalue weighted by atomic mass is 9.83. The van der Waals surface area contributed by atoms with Crippen molar-refractivity contribution in [3.63, 3.8) is 0 Å². The van der Waals surface area contributed by atoms with Gasteiger partial charge in [-0.3, -0.25) is 0 Å². The molecule has 1 heterocycles. The van der Waals surface area contributed by atoms with E-state index in [1.54, 1.807) is 54.7 Å². The van der Waals surface area contributed by atoms with Crippen LogP contribution in [0.15, 0.2) is 89.8 Å². The van der Waals surface area contributed by atoms with Gasteiger partial charge in [-0.05, 0) is 73.2 Å². The minimum absolute atomic E-state index is 0.147. The Balaban J connectivity index is 1.58. The van der Waals surface area contributed by atoms with Crippen LogP contribution in [-0.4, -0.2) is 32.4 Å². The number of halogens is 2. The molecule has 0 amide bonds. The molecule has 218 valence electrons. The second-order valence-electron chi connectivity index (χ2n) is 11.3. The van der Waals surface area contributed by atoms with Crippen molar-refractivity contribution in [2.24, 2.45) is 5.92 Å². The maximum absolute atomic E-state index is 14.5. The first-order valence-electron chi connectivity index (χ1n) is 14.4. The topological polar surface area (TPSA) is 49.9 Å². The lowest BCUT2D eigenvalue weighted by molar-refractivity contribution is 0.218. The molecule has 1 fully saturated rings. The van der Waals surface area contributed by atoms with Gasteiger partial charge in [-0.15, -0.1) is 0 Å². The van der Waals surface area contributed by atoms with E-state index < -0.39 is 21.7 Å². The SMILES string of the molecule is Cc1ccc(Oc2cc3c(cc2-c2ccc(F)cc2)S(=O)(=O)N(C)[C@H](C2CCCCC2)CN3c2ccccc2)cc1F. The molecule has 1 saturated carbocycles. The summed E-state index contributed by atoms with van der Waals surface area (Å²) in [6.07, 6.45) is 5.32. The van der Waals surface area contributed by atoms with E-state index in [0.29, 0.717) is 34.7 Å². The van der Waals surface area contributed by atoms with Gasteiger partial charge in [0.25, 0.3) is 0 Å². The third kappa shape index (κ3) is 5.41. The van der Waals surface area contributed by atoms with Crippen LogP contribution >= 0.6 is 0 Å². The average molecular weight is 589 g/mol. The van der Waals surface area contributed by atoms with Gasteiger partial charge in [0.2, 0.25) is 10.0 Å². The zero-order valence-corrected chi connectivity index (χ0v) is 24.6. The van der Waals surface area contributed by atoms with Crippen molar-refractivity contribution >= 4 is 21.4 Å². The zero-order valence-electron chi connectivity index (χ0n) is 23.8. The Morgan fingerprint density at radius 1 is 0.857 bits per heavy atom. The van der Waals surface area contributed by atoms with Gasteiger partial charge >= 0.3 is 0 Å². The molecule has 4 aromatic rings. The quantitative estimate of drug-likeness (QED) is 0.235. The van der Waals surface area contributed by atoms with Crippen molar-refractivity contribution in [3.8, 4) is 22.6 Å². The van der Waals surface area contributed by atoms with Gasteiger partial charge in [0, 0.05) is 43.0 Å². The summed E-state index contributed by atoms with van der Waals surface area (Å²) in [6, 6.07) is 23.3. The number of sulfonamides is 1. The highest BCUT2D eigenvalue weighted by Gasteiger charge is 2.41. The van der Waals surface area contributed by atoms with E-state index in [1.165, 1.54) is 24.6 Å². The van der Waals surface area contributed by atoms with Crippen LogP contribution < -0.4 is 9.64 Å². The van der Waals surface area contributed by atoms with Crippen LogP contribution in [0.4, 0.5) is 20.2 Å². The normalized spacial score (nSPS) is 19.2. The summed E-state index contributed by atoms with van der Waals surface area (Å²) < 4.78 is 65.0. The Hall–Kier alpha value is -3.75. The second kappa shape index (κ2) is 11.5. The van der Waals surface area contributed by atoms with Crippen LogP contribution in [0.25, 0.3) is 11.1 Å². The van der Waals surface area contributed by atoms with Gasteiger partial charge in [-0.25, -0.2) is 17.2 Å². The molecule has 0 saturated heterocycles. The number of anilines is 2. The van der Waals surface area contributed by atoms with E-state index in [1.807, 2.05) is 30.3 Å². The van der Waals surface area contributed by atoms with Gasteiger partial charge < -0.3 is 9.64 Å².